The summed E-state index contributed by atoms with van der Waals surface area (Å²) < 4.78 is 15.9. The third-order valence-corrected chi connectivity index (χ3v) is 4.63. The smallest absolute Gasteiger partial charge is 0.269 e. The topological polar surface area (TPSA) is 59.8 Å². The Balaban J connectivity index is 1.97. The minimum Gasteiger partial charge on any atom is -0.375 e. The van der Waals surface area contributed by atoms with Crippen LogP contribution in [0.4, 0.5) is 10.1 Å². The zero-order valence-corrected chi connectivity index (χ0v) is 15.3. The van der Waals surface area contributed by atoms with Crippen molar-refractivity contribution in [1.29, 1.82) is 0 Å². The Bertz CT molecular complexity index is 1160. The molecular formula is C22H19FN4O. The van der Waals surface area contributed by atoms with Gasteiger partial charge in [0.1, 0.15) is 17.0 Å². The second-order valence-electron chi connectivity index (χ2n) is 6.42. The number of anilines is 1. The van der Waals surface area contributed by atoms with Crippen LogP contribution in [0.5, 0.6) is 0 Å². The van der Waals surface area contributed by atoms with Gasteiger partial charge in [-0.1, -0.05) is 31.2 Å². The van der Waals surface area contributed by atoms with Crippen molar-refractivity contribution in [3.63, 3.8) is 0 Å². The third-order valence-electron chi connectivity index (χ3n) is 4.63. The third kappa shape index (κ3) is 3.24. The lowest BCUT2D eigenvalue weighted by atomic mass is 10.1. The molecule has 0 aliphatic heterocycles. The Morgan fingerprint density at radius 3 is 2.50 bits per heavy atom. The number of nitrogens with zero attached hydrogens (tertiary/aromatic N) is 3. The number of aromatic nitrogens is 3. The molecule has 0 saturated heterocycles. The summed E-state index contributed by atoms with van der Waals surface area (Å²) in [4.78, 5) is 22.0. The highest BCUT2D eigenvalue weighted by Gasteiger charge is 2.21. The maximum absolute atomic E-state index is 14.4. The average molecular weight is 374 g/mol. The molecule has 2 heterocycles. The lowest BCUT2D eigenvalue weighted by Gasteiger charge is -2.22. The Morgan fingerprint density at radius 1 is 1.04 bits per heavy atom. The summed E-state index contributed by atoms with van der Waals surface area (Å²) in [6.07, 6.45) is 4.08. The minimum atomic E-state index is -0.568. The van der Waals surface area contributed by atoms with Crippen LogP contribution in [0.2, 0.25) is 0 Å². The molecule has 0 radical (unpaired) electrons. The average Bonchev–Trinajstić information content (AvgIpc) is 2.73. The van der Waals surface area contributed by atoms with Crippen molar-refractivity contribution in [3.05, 3.63) is 95.1 Å². The molecule has 2 aromatic heterocycles. The summed E-state index contributed by atoms with van der Waals surface area (Å²) in [6.45, 7) is 2.01. The molecule has 0 aliphatic carbocycles. The maximum atomic E-state index is 14.4. The summed E-state index contributed by atoms with van der Waals surface area (Å²) in [5.74, 6) is -0.0324. The van der Waals surface area contributed by atoms with Gasteiger partial charge in [0.05, 0.1) is 17.2 Å². The van der Waals surface area contributed by atoms with E-state index in [2.05, 4.69) is 15.3 Å². The molecule has 4 rings (SSSR count). The molecule has 140 valence electrons. The first-order chi connectivity index (χ1) is 13.7. The van der Waals surface area contributed by atoms with Gasteiger partial charge in [0.25, 0.3) is 5.56 Å². The molecule has 0 fully saturated rings. The van der Waals surface area contributed by atoms with E-state index < -0.39 is 11.4 Å². The van der Waals surface area contributed by atoms with Crippen molar-refractivity contribution in [2.75, 3.05) is 5.32 Å². The van der Waals surface area contributed by atoms with Crippen LogP contribution in [0.25, 0.3) is 16.6 Å². The van der Waals surface area contributed by atoms with Crippen LogP contribution < -0.4 is 10.9 Å². The molecule has 0 bridgehead atoms. The van der Waals surface area contributed by atoms with E-state index >= 15 is 0 Å². The van der Waals surface area contributed by atoms with Gasteiger partial charge in [-0.2, -0.15) is 0 Å². The first kappa shape index (κ1) is 17.9. The molecule has 0 amide bonds. The number of hydrogen-bond acceptors (Lipinski definition) is 4. The zero-order valence-electron chi connectivity index (χ0n) is 15.3. The summed E-state index contributed by atoms with van der Waals surface area (Å²) in [6, 6.07) is 17.2. The van der Waals surface area contributed by atoms with Crippen LogP contribution in [-0.4, -0.2) is 14.5 Å². The van der Waals surface area contributed by atoms with Crippen molar-refractivity contribution in [2.24, 2.45) is 0 Å². The summed E-state index contributed by atoms with van der Waals surface area (Å²) in [5, 5.41) is 3.40. The number of para-hydroxylation sites is 1. The van der Waals surface area contributed by atoms with Crippen molar-refractivity contribution in [1.82, 2.24) is 14.5 Å². The number of fused-ring (bicyclic) bond motifs is 1. The van der Waals surface area contributed by atoms with E-state index in [1.165, 1.54) is 10.6 Å². The van der Waals surface area contributed by atoms with E-state index in [0.717, 1.165) is 5.69 Å². The Hall–Kier alpha value is -3.54. The van der Waals surface area contributed by atoms with Crippen LogP contribution in [0.3, 0.4) is 0 Å². The van der Waals surface area contributed by atoms with E-state index in [9.17, 15) is 9.18 Å². The molecule has 0 unspecified atom stereocenters. The molecule has 0 spiro atoms. The van der Waals surface area contributed by atoms with Crippen LogP contribution in [0.1, 0.15) is 25.2 Å². The van der Waals surface area contributed by atoms with Gasteiger partial charge in [-0.15, -0.1) is 0 Å². The molecule has 1 atom stereocenters. The van der Waals surface area contributed by atoms with E-state index in [1.54, 1.807) is 24.5 Å². The molecule has 0 aliphatic rings. The fraction of sp³-hybridized carbons (Fsp3) is 0.136. The molecule has 4 aromatic rings. The van der Waals surface area contributed by atoms with Crippen LogP contribution in [-0.2, 0) is 0 Å². The van der Waals surface area contributed by atoms with Crippen molar-refractivity contribution in [3.8, 4) is 5.69 Å². The molecule has 1 N–H and O–H groups in total. The van der Waals surface area contributed by atoms with Crippen molar-refractivity contribution >= 4 is 16.6 Å². The number of rotatable bonds is 5. The number of hydrogen-bond donors (Lipinski definition) is 1. The second kappa shape index (κ2) is 7.60. The Kier molecular flexibility index (Phi) is 4.85. The van der Waals surface area contributed by atoms with E-state index in [0.29, 0.717) is 23.4 Å². The van der Waals surface area contributed by atoms with Gasteiger partial charge in [0.15, 0.2) is 0 Å². The number of halogens is 1. The van der Waals surface area contributed by atoms with Crippen molar-refractivity contribution < 1.29 is 4.39 Å². The van der Waals surface area contributed by atoms with Gasteiger partial charge in [0.2, 0.25) is 0 Å². The summed E-state index contributed by atoms with van der Waals surface area (Å²) in [7, 11) is 0. The Morgan fingerprint density at radius 2 is 1.79 bits per heavy atom. The lowest BCUT2D eigenvalue weighted by molar-refractivity contribution is 0.630. The highest BCUT2D eigenvalue weighted by atomic mass is 19.1. The molecule has 0 saturated carbocycles. The summed E-state index contributed by atoms with van der Waals surface area (Å²) in [5.41, 5.74) is 1.45. The summed E-state index contributed by atoms with van der Waals surface area (Å²) >= 11 is 0. The molecule has 6 heteroatoms. The van der Waals surface area contributed by atoms with Gasteiger partial charge >= 0.3 is 0 Å². The predicted octanol–water partition coefficient (Wildman–Crippen LogP) is 4.48. The van der Waals surface area contributed by atoms with Gasteiger partial charge < -0.3 is 5.32 Å². The van der Waals surface area contributed by atoms with E-state index in [-0.39, 0.29) is 11.4 Å². The quantitative estimate of drug-likeness (QED) is 0.559. The van der Waals surface area contributed by atoms with Gasteiger partial charge in [-0.3, -0.25) is 14.3 Å². The largest absolute Gasteiger partial charge is 0.375 e. The maximum Gasteiger partial charge on any atom is 0.269 e. The fourth-order valence-electron chi connectivity index (χ4n) is 3.27. The SMILES string of the molecule is CC[C@H](Nc1ccncc1)c1nc2cccc(F)c2c(=O)n1-c1ccccc1. The van der Waals surface area contributed by atoms with Crippen LogP contribution >= 0.6 is 0 Å². The highest BCUT2D eigenvalue weighted by Crippen LogP contribution is 2.24. The zero-order chi connectivity index (χ0) is 19.5. The van der Waals surface area contributed by atoms with Gasteiger partial charge in [0, 0.05) is 18.1 Å². The van der Waals surface area contributed by atoms with Crippen LogP contribution in [0, 0.1) is 5.82 Å². The Labute approximate surface area is 161 Å². The second-order valence-corrected chi connectivity index (χ2v) is 6.42. The number of benzene rings is 2. The van der Waals surface area contributed by atoms with E-state index in [1.807, 2.05) is 49.4 Å². The molecular weight excluding hydrogens is 355 g/mol. The number of pyridine rings is 1. The predicted molar refractivity (Wildman–Crippen MR) is 108 cm³/mol. The van der Waals surface area contributed by atoms with E-state index in [4.69, 9.17) is 0 Å². The van der Waals surface area contributed by atoms with Crippen molar-refractivity contribution in [2.45, 2.75) is 19.4 Å². The molecule has 2 aromatic carbocycles. The van der Waals surface area contributed by atoms with Gasteiger partial charge in [-0.05, 0) is 42.8 Å². The standard InChI is InChI=1S/C22H19FN4O/c1-2-18(25-15-11-13-24-14-12-15)21-26-19-10-6-9-17(23)20(19)22(28)27(21)16-7-4-3-5-8-16/h3-14,18H,2H2,1H3,(H,24,25)/t18-/m0/s1. The highest BCUT2D eigenvalue weighted by molar-refractivity contribution is 5.78. The minimum absolute atomic E-state index is 0.00568. The first-order valence-electron chi connectivity index (χ1n) is 9.12. The monoisotopic (exact) mass is 374 g/mol. The normalized spacial score (nSPS) is 12.1. The number of nitrogens with one attached hydrogen (secondary N) is 1. The van der Waals surface area contributed by atoms with Gasteiger partial charge in [-0.25, -0.2) is 9.37 Å². The fourth-order valence-corrected chi connectivity index (χ4v) is 3.27. The molecule has 28 heavy (non-hydrogen) atoms. The first-order valence-corrected chi connectivity index (χ1v) is 9.12. The van der Waals surface area contributed by atoms with Crippen LogP contribution in [0.15, 0.2) is 77.9 Å². The lowest BCUT2D eigenvalue weighted by Crippen LogP contribution is -2.28. The molecule has 5 nitrogen and oxygen atoms in total.